The van der Waals surface area contributed by atoms with Crippen LogP contribution in [-0.2, 0) is 0 Å². The Balaban J connectivity index is 2.25. The van der Waals surface area contributed by atoms with Crippen LogP contribution in [-0.4, -0.2) is 15.2 Å². The lowest BCUT2D eigenvalue weighted by atomic mass is 10.1. The first-order valence-corrected chi connectivity index (χ1v) is 5.48. The van der Waals surface area contributed by atoms with Crippen molar-refractivity contribution in [1.82, 2.24) is 4.98 Å². The van der Waals surface area contributed by atoms with E-state index in [9.17, 15) is 14.6 Å². The van der Waals surface area contributed by atoms with Crippen LogP contribution in [0.5, 0.6) is 11.5 Å². The number of phenolic OH excluding ortho intramolecular Hbond substituents is 2. The lowest BCUT2D eigenvalue weighted by Crippen LogP contribution is -2.08. The van der Waals surface area contributed by atoms with Gasteiger partial charge in [-0.1, -0.05) is 12.1 Å². The molecular formula is C13H13FN2O2. The standard InChI is InChI=1S/C13H13FN2O2/c1-8(13-9(17)4-2-5-10(13)18)15-12-7-3-6-11(14)16-12/h2-8,17-18H,1H3,(H,15,16). The van der Waals surface area contributed by atoms with Gasteiger partial charge in [0.15, 0.2) is 0 Å². The summed E-state index contributed by atoms with van der Waals surface area (Å²) in [6, 6.07) is 8.48. The summed E-state index contributed by atoms with van der Waals surface area (Å²) in [6.45, 7) is 1.74. The van der Waals surface area contributed by atoms with Crippen molar-refractivity contribution in [3.8, 4) is 11.5 Å². The van der Waals surface area contributed by atoms with E-state index in [1.165, 1.54) is 24.3 Å². The predicted octanol–water partition coefficient (Wildman–Crippen LogP) is 2.81. The van der Waals surface area contributed by atoms with E-state index in [-0.39, 0.29) is 11.5 Å². The van der Waals surface area contributed by atoms with Crippen molar-refractivity contribution in [2.45, 2.75) is 13.0 Å². The molecule has 4 nitrogen and oxygen atoms in total. The fourth-order valence-corrected chi connectivity index (χ4v) is 1.77. The largest absolute Gasteiger partial charge is 0.507 e. The van der Waals surface area contributed by atoms with E-state index in [2.05, 4.69) is 10.3 Å². The minimum absolute atomic E-state index is 0.0218. The van der Waals surface area contributed by atoms with E-state index in [4.69, 9.17) is 0 Å². The number of nitrogens with zero attached hydrogens (tertiary/aromatic N) is 1. The van der Waals surface area contributed by atoms with E-state index in [0.717, 1.165) is 0 Å². The maximum Gasteiger partial charge on any atom is 0.214 e. The second-order valence-corrected chi connectivity index (χ2v) is 3.92. The Morgan fingerprint density at radius 1 is 1.11 bits per heavy atom. The van der Waals surface area contributed by atoms with Crippen LogP contribution in [0.3, 0.4) is 0 Å². The molecule has 0 fully saturated rings. The number of hydrogen-bond acceptors (Lipinski definition) is 4. The Kier molecular flexibility index (Phi) is 3.32. The van der Waals surface area contributed by atoms with Gasteiger partial charge in [-0.3, -0.25) is 0 Å². The van der Waals surface area contributed by atoms with Crippen molar-refractivity contribution in [3.05, 3.63) is 47.9 Å². The molecule has 0 amide bonds. The minimum Gasteiger partial charge on any atom is -0.507 e. The molecule has 0 radical (unpaired) electrons. The summed E-state index contributed by atoms with van der Waals surface area (Å²) in [5, 5.41) is 22.3. The molecule has 0 aliphatic carbocycles. The van der Waals surface area contributed by atoms with Gasteiger partial charge in [0.05, 0.1) is 11.6 Å². The van der Waals surface area contributed by atoms with Gasteiger partial charge in [0, 0.05) is 0 Å². The molecule has 94 valence electrons. The van der Waals surface area contributed by atoms with Crippen LogP contribution in [0.2, 0.25) is 0 Å². The predicted molar refractivity (Wildman–Crippen MR) is 66.0 cm³/mol. The van der Waals surface area contributed by atoms with Gasteiger partial charge >= 0.3 is 0 Å². The van der Waals surface area contributed by atoms with Crippen LogP contribution in [0.1, 0.15) is 18.5 Å². The van der Waals surface area contributed by atoms with Crippen LogP contribution < -0.4 is 5.32 Å². The quantitative estimate of drug-likeness (QED) is 0.731. The molecule has 0 saturated carbocycles. The Labute approximate surface area is 104 Å². The molecular weight excluding hydrogens is 235 g/mol. The van der Waals surface area contributed by atoms with Gasteiger partial charge in [-0.2, -0.15) is 4.39 Å². The van der Waals surface area contributed by atoms with Crippen molar-refractivity contribution >= 4 is 5.82 Å². The SMILES string of the molecule is CC(Nc1cccc(F)n1)c1c(O)cccc1O. The molecule has 3 N–H and O–H groups in total. The van der Waals surface area contributed by atoms with Gasteiger partial charge in [0.2, 0.25) is 5.95 Å². The normalized spacial score (nSPS) is 12.1. The van der Waals surface area contributed by atoms with Crippen LogP contribution >= 0.6 is 0 Å². The topological polar surface area (TPSA) is 65.4 Å². The van der Waals surface area contributed by atoms with E-state index >= 15 is 0 Å². The fourth-order valence-electron chi connectivity index (χ4n) is 1.77. The second kappa shape index (κ2) is 4.91. The fraction of sp³-hybridized carbons (Fsp3) is 0.154. The zero-order valence-corrected chi connectivity index (χ0v) is 9.76. The summed E-state index contributed by atoms with van der Waals surface area (Å²) in [6.07, 6.45) is 0. The maximum absolute atomic E-state index is 12.9. The molecule has 1 atom stereocenters. The van der Waals surface area contributed by atoms with Crippen LogP contribution in [0.15, 0.2) is 36.4 Å². The van der Waals surface area contributed by atoms with Crippen molar-refractivity contribution < 1.29 is 14.6 Å². The molecule has 1 aromatic heterocycles. The maximum atomic E-state index is 12.9. The van der Waals surface area contributed by atoms with Crippen LogP contribution in [0.25, 0.3) is 0 Å². The number of nitrogens with one attached hydrogen (secondary N) is 1. The van der Waals surface area contributed by atoms with E-state index in [0.29, 0.717) is 11.4 Å². The molecule has 1 aromatic carbocycles. The third-order valence-electron chi connectivity index (χ3n) is 2.57. The molecule has 2 aromatic rings. The monoisotopic (exact) mass is 248 g/mol. The number of pyridine rings is 1. The van der Waals surface area contributed by atoms with Gasteiger partial charge in [0.1, 0.15) is 17.3 Å². The zero-order chi connectivity index (χ0) is 13.1. The van der Waals surface area contributed by atoms with Gasteiger partial charge in [-0.25, -0.2) is 4.98 Å². The molecule has 0 aliphatic heterocycles. The molecule has 2 rings (SSSR count). The first-order valence-electron chi connectivity index (χ1n) is 5.48. The number of benzene rings is 1. The molecule has 0 saturated heterocycles. The average molecular weight is 248 g/mol. The number of phenols is 2. The first kappa shape index (κ1) is 12.2. The number of anilines is 1. The van der Waals surface area contributed by atoms with Gasteiger partial charge in [-0.15, -0.1) is 0 Å². The summed E-state index contributed by atoms with van der Waals surface area (Å²) >= 11 is 0. The molecule has 0 aliphatic rings. The number of rotatable bonds is 3. The number of hydrogen-bond donors (Lipinski definition) is 3. The average Bonchev–Trinajstić information content (AvgIpc) is 2.28. The lowest BCUT2D eigenvalue weighted by Gasteiger charge is -2.17. The molecule has 1 unspecified atom stereocenters. The summed E-state index contributed by atoms with van der Waals surface area (Å²) in [5.41, 5.74) is 0.351. The Morgan fingerprint density at radius 3 is 2.33 bits per heavy atom. The molecule has 18 heavy (non-hydrogen) atoms. The van der Waals surface area contributed by atoms with E-state index in [1.807, 2.05) is 0 Å². The summed E-state index contributed by atoms with van der Waals surface area (Å²) in [5.74, 6) is -0.295. The smallest absolute Gasteiger partial charge is 0.214 e. The second-order valence-electron chi connectivity index (χ2n) is 3.92. The summed E-state index contributed by atoms with van der Waals surface area (Å²) in [4.78, 5) is 3.66. The van der Waals surface area contributed by atoms with E-state index < -0.39 is 12.0 Å². The van der Waals surface area contributed by atoms with Crippen LogP contribution in [0.4, 0.5) is 10.2 Å². The Hall–Kier alpha value is -2.30. The summed E-state index contributed by atoms with van der Waals surface area (Å²) in [7, 11) is 0. The number of halogens is 1. The number of aromatic hydroxyl groups is 2. The van der Waals surface area contributed by atoms with Gasteiger partial charge in [-0.05, 0) is 31.2 Å². The third kappa shape index (κ3) is 2.51. The third-order valence-corrected chi connectivity index (χ3v) is 2.57. The Morgan fingerprint density at radius 2 is 1.72 bits per heavy atom. The molecule has 0 bridgehead atoms. The van der Waals surface area contributed by atoms with Crippen molar-refractivity contribution in [2.24, 2.45) is 0 Å². The summed E-state index contributed by atoms with van der Waals surface area (Å²) < 4.78 is 12.9. The number of aromatic nitrogens is 1. The molecule has 1 heterocycles. The first-order chi connectivity index (χ1) is 8.58. The lowest BCUT2D eigenvalue weighted by molar-refractivity contribution is 0.434. The highest BCUT2D eigenvalue weighted by atomic mass is 19.1. The van der Waals surface area contributed by atoms with Crippen molar-refractivity contribution in [2.75, 3.05) is 5.32 Å². The zero-order valence-electron chi connectivity index (χ0n) is 9.76. The Bertz CT molecular complexity index is 540. The highest BCUT2D eigenvalue weighted by molar-refractivity contribution is 5.48. The van der Waals surface area contributed by atoms with Crippen molar-refractivity contribution in [3.63, 3.8) is 0 Å². The van der Waals surface area contributed by atoms with Gasteiger partial charge < -0.3 is 15.5 Å². The molecule has 5 heteroatoms. The highest BCUT2D eigenvalue weighted by Gasteiger charge is 2.15. The van der Waals surface area contributed by atoms with Crippen molar-refractivity contribution in [1.29, 1.82) is 0 Å². The molecule has 0 spiro atoms. The van der Waals surface area contributed by atoms with E-state index in [1.54, 1.807) is 19.1 Å². The van der Waals surface area contributed by atoms with Crippen LogP contribution in [0, 0.1) is 5.95 Å². The van der Waals surface area contributed by atoms with Gasteiger partial charge in [0.25, 0.3) is 0 Å². The minimum atomic E-state index is -0.589. The highest BCUT2D eigenvalue weighted by Crippen LogP contribution is 2.33.